The van der Waals surface area contributed by atoms with Crippen LogP contribution in [0.1, 0.15) is 30.9 Å². The summed E-state index contributed by atoms with van der Waals surface area (Å²) in [7, 11) is 1.79. The number of aliphatic imine (C=N–C) groups is 1. The van der Waals surface area contributed by atoms with Crippen molar-refractivity contribution in [2.75, 3.05) is 33.5 Å². The molecule has 3 aliphatic rings. The molecule has 0 aromatic heterocycles. The lowest BCUT2D eigenvalue weighted by molar-refractivity contribution is -0.0172. The maximum Gasteiger partial charge on any atom is 0.191 e. The molecule has 0 spiro atoms. The van der Waals surface area contributed by atoms with Gasteiger partial charge in [-0.1, -0.05) is 6.92 Å². The van der Waals surface area contributed by atoms with Crippen molar-refractivity contribution in [1.82, 2.24) is 15.5 Å². The standard InChI is InChI=1S/C20H29FN4O2/c1-13-9-25(17-3-4-17)10-18(13)24-20(22-2)23-6-5-14-7-16(21)8-15-11-26-12-27-19(14)15/h7-8,13,17-18H,3-6,9-12H2,1-2H3,(H2,22,23,24). The third kappa shape index (κ3) is 4.35. The van der Waals surface area contributed by atoms with E-state index < -0.39 is 0 Å². The zero-order valence-electron chi connectivity index (χ0n) is 16.1. The van der Waals surface area contributed by atoms with Gasteiger partial charge in [0, 0.05) is 44.3 Å². The van der Waals surface area contributed by atoms with Crippen LogP contribution in [0.15, 0.2) is 17.1 Å². The number of likely N-dealkylation sites (tertiary alicyclic amines) is 1. The van der Waals surface area contributed by atoms with Crippen LogP contribution in [0.4, 0.5) is 4.39 Å². The molecule has 4 rings (SSSR count). The number of nitrogens with one attached hydrogen (secondary N) is 2. The fourth-order valence-corrected chi connectivity index (χ4v) is 4.06. The molecule has 1 aromatic rings. The Labute approximate surface area is 160 Å². The largest absolute Gasteiger partial charge is 0.467 e. The third-order valence-electron chi connectivity index (χ3n) is 5.69. The van der Waals surface area contributed by atoms with E-state index in [9.17, 15) is 4.39 Å². The minimum atomic E-state index is -0.250. The van der Waals surface area contributed by atoms with Crippen LogP contribution in [-0.4, -0.2) is 56.4 Å². The summed E-state index contributed by atoms with van der Waals surface area (Å²) in [6, 6.07) is 4.25. The van der Waals surface area contributed by atoms with Crippen molar-refractivity contribution in [1.29, 1.82) is 0 Å². The van der Waals surface area contributed by atoms with Gasteiger partial charge < -0.3 is 20.1 Å². The van der Waals surface area contributed by atoms with Crippen molar-refractivity contribution < 1.29 is 13.9 Å². The third-order valence-corrected chi connectivity index (χ3v) is 5.69. The zero-order chi connectivity index (χ0) is 18.8. The molecule has 0 bridgehead atoms. The van der Waals surface area contributed by atoms with Gasteiger partial charge in [-0.2, -0.15) is 0 Å². The molecule has 2 aliphatic heterocycles. The van der Waals surface area contributed by atoms with E-state index in [0.29, 0.717) is 31.5 Å². The van der Waals surface area contributed by atoms with Crippen molar-refractivity contribution >= 4 is 5.96 Å². The molecule has 1 aromatic carbocycles. The van der Waals surface area contributed by atoms with Crippen LogP contribution in [0, 0.1) is 11.7 Å². The second kappa shape index (κ2) is 8.02. The van der Waals surface area contributed by atoms with Gasteiger partial charge in [0.05, 0.1) is 6.61 Å². The highest BCUT2D eigenvalue weighted by Crippen LogP contribution is 2.32. The lowest BCUT2D eigenvalue weighted by Gasteiger charge is -2.22. The zero-order valence-corrected chi connectivity index (χ0v) is 16.1. The minimum absolute atomic E-state index is 0.222. The molecule has 2 heterocycles. The van der Waals surface area contributed by atoms with E-state index in [4.69, 9.17) is 9.47 Å². The Morgan fingerprint density at radius 3 is 2.96 bits per heavy atom. The second-order valence-corrected chi connectivity index (χ2v) is 7.83. The molecule has 2 unspecified atom stereocenters. The Balaban J connectivity index is 1.31. The van der Waals surface area contributed by atoms with Crippen molar-refractivity contribution in [3.8, 4) is 5.75 Å². The average molecular weight is 376 g/mol. The number of fused-ring (bicyclic) bond motifs is 1. The maximum absolute atomic E-state index is 13.9. The molecule has 1 aliphatic carbocycles. The van der Waals surface area contributed by atoms with Gasteiger partial charge in [0.15, 0.2) is 12.8 Å². The van der Waals surface area contributed by atoms with Crippen LogP contribution >= 0.6 is 0 Å². The summed E-state index contributed by atoms with van der Waals surface area (Å²) < 4.78 is 24.7. The summed E-state index contributed by atoms with van der Waals surface area (Å²) in [4.78, 5) is 6.95. The molecular weight excluding hydrogens is 347 g/mol. The summed E-state index contributed by atoms with van der Waals surface area (Å²) in [5, 5.41) is 6.92. The van der Waals surface area contributed by atoms with Gasteiger partial charge in [0.2, 0.25) is 0 Å². The summed E-state index contributed by atoms with van der Waals surface area (Å²) in [6.07, 6.45) is 3.35. The predicted octanol–water partition coefficient (Wildman–Crippen LogP) is 1.88. The van der Waals surface area contributed by atoms with Crippen molar-refractivity contribution in [3.63, 3.8) is 0 Å². The van der Waals surface area contributed by atoms with Crippen LogP contribution in [0.25, 0.3) is 0 Å². The Bertz CT molecular complexity index is 707. The van der Waals surface area contributed by atoms with Gasteiger partial charge in [0.1, 0.15) is 11.6 Å². The maximum atomic E-state index is 13.9. The lowest BCUT2D eigenvalue weighted by atomic mass is 10.1. The normalized spacial score (nSPS) is 25.8. The first-order valence-electron chi connectivity index (χ1n) is 9.87. The Morgan fingerprint density at radius 2 is 2.19 bits per heavy atom. The Kier molecular flexibility index (Phi) is 5.50. The summed E-state index contributed by atoms with van der Waals surface area (Å²) in [5.41, 5.74) is 1.64. The molecule has 1 saturated heterocycles. The first-order valence-corrected chi connectivity index (χ1v) is 9.87. The van der Waals surface area contributed by atoms with Gasteiger partial charge in [0.25, 0.3) is 0 Å². The van der Waals surface area contributed by atoms with Gasteiger partial charge in [-0.15, -0.1) is 0 Å². The minimum Gasteiger partial charge on any atom is -0.467 e. The molecule has 2 fully saturated rings. The lowest BCUT2D eigenvalue weighted by Crippen LogP contribution is -2.47. The molecule has 0 radical (unpaired) electrons. The van der Waals surface area contributed by atoms with Crippen LogP contribution in [0.3, 0.4) is 0 Å². The highest BCUT2D eigenvalue weighted by molar-refractivity contribution is 5.80. The molecule has 27 heavy (non-hydrogen) atoms. The quantitative estimate of drug-likeness (QED) is 0.607. The number of rotatable bonds is 5. The molecular formula is C20H29FN4O2. The van der Waals surface area contributed by atoms with E-state index in [1.165, 1.54) is 18.9 Å². The molecule has 1 saturated carbocycles. The summed E-state index contributed by atoms with van der Waals surface area (Å²) in [5.74, 6) is 1.92. The van der Waals surface area contributed by atoms with E-state index in [0.717, 1.165) is 42.0 Å². The number of halogens is 1. The van der Waals surface area contributed by atoms with Crippen LogP contribution in [0.5, 0.6) is 5.75 Å². The predicted molar refractivity (Wildman–Crippen MR) is 102 cm³/mol. The Morgan fingerprint density at radius 1 is 1.33 bits per heavy atom. The topological polar surface area (TPSA) is 58.1 Å². The van der Waals surface area contributed by atoms with Crippen LogP contribution in [-0.2, 0) is 17.8 Å². The number of hydrogen-bond acceptors (Lipinski definition) is 4. The fraction of sp³-hybridized carbons (Fsp3) is 0.650. The van der Waals surface area contributed by atoms with Crippen molar-refractivity contribution in [2.45, 2.75) is 44.9 Å². The molecule has 148 valence electrons. The molecule has 2 atom stereocenters. The first-order chi connectivity index (χ1) is 13.1. The Hall–Kier alpha value is -1.86. The van der Waals surface area contributed by atoms with Crippen LogP contribution in [0.2, 0.25) is 0 Å². The number of ether oxygens (including phenoxy) is 2. The van der Waals surface area contributed by atoms with Gasteiger partial charge in [-0.3, -0.25) is 9.89 Å². The number of guanidine groups is 1. The smallest absolute Gasteiger partial charge is 0.191 e. The first kappa shape index (κ1) is 18.5. The van der Waals surface area contributed by atoms with E-state index in [1.807, 2.05) is 0 Å². The van der Waals surface area contributed by atoms with Gasteiger partial charge in [-0.25, -0.2) is 4.39 Å². The van der Waals surface area contributed by atoms with Gasteiger partial charge >= 0.3 is 0 Å². The summed E-state index contributed by atoms with van der Waals surface area (Å²) in [6.45, 7) is 5.82. The fourth-order valence-electron chi connectivity index (χ4n) is 4.06. The average Bonchev–Trinajstić information content (AvgIpc) is 3.45. The molecule has 2 N–H and O–H groups in total. The van der Waals surface area contributed by atoms with Crippen molar-refractivity contribution in [2.24, 2.45) is 10.9 Å². The number of benzene rings is 1. The monoisotopic (exact) mass is 376 g/mol. The van der Waals surface area contributed by atoms with E-state index in [2.05, 4.69) is 27.4 Å². The van der Waals surface area contributed by atoms with Crippen molar-refractivity contribution in [3.05, 3.63) is 29.1 Å². The highest BCUT2D eigenvalue weighted by Gasteiger charge is 2.38. The van der Waals surface area contributed by atoms with Gasteiger partial charge in [-0.05, 0) is 42.9 Å². The van der Waals surface area contributed by atoms with E-state index in [1.54, 1.807) is 13.1 Å². The molecule has 7 heteroatoms. The van der Waals surface area contributed by atoms with E-state index in [-0.39, 0.29) is 12.6 Å². The highest BCUT2D eigenvalue weighted by atomic mass is 19.1. The summed E-state index contributed by atoms with van der Waals surface area (Å²) >= 11 is 0. The van der Waals surface area contributed by atoms with Crippen LogP contribution < -0.4 is 15.4 Å². The molecule has 6 nitrogen and oxygen atoms in total. The SMILES string of the molecule is CN=C(NCCc1cc(F)cc2c1OCOC2)NC1CN(C2CC2)CC1C. The number of hydrogen-bond donors (Lipinski definition) is 2. The van der Waals surface area contributed by atoms with E-state index >= 15 is 0 Å². The second-order valence-electron chi connectivity index (χ2n) is 7.83. The molecule has 0 amide bonds. The number of nitrogens with zero attached hydrogens (tertiary/aromatic N) is 2.